The predicted octanol–water partition coefficient (Wildman–Crippen LogP) is 3.18. The highest BCUT2D eigenvalue weighted by Crippen LogP contribution is 2.24. The fourth-order valence-electron chi connectivity index (χ4n) is 3.55. The molecule has 162 valence electrons. The van der Waals surface area contributed by atoms with Gasteiger partial charge in [0.25, 0.3) is 0 Å². The fraction of sp³-hybridized carbons (Fsp3) is 0.409. The first-order chi connectivity index (χ1) is 14.4. The van der Waals surface area contributed by atoms with Crippen molar-refractivity contribution in [1.82, 2.24) is 14.5 Å². The molecular formula is C22H29N3O3S2. The third-order valence-corrected chi connectivity index (χ3v) is 7.92. The van der Waals surface area contributed by atoms with Gasteiger partial charge in [0.15, 0.2) is 0 Å². The van der Waals surface area contributed by atoms with Gasteiger partial charge in [0.2, 0.25) is 15.9 Å². The van der Waals surface area contributed by atoms with Crippen molar-refractivity contribution < 1.29 is 13.2 Å². The highest BCUT2D eigenvalue weighted by atomic mass is 32.2. The average molecular weight is 448 g/mol. The number of carbonyl (C=O) groups excluding carboxylic acids is 1. The Labute approximate surface area is 183 Å². The quantitative estimate of drug-likeness (QED) is 0.675. The molecule has 0 aliphatic carbocycles. The number of hydrogen-bond donors (Lipinski definition) is 1. The first-order valence-electron chi connectivity index (χ1n) is 10.1. The van der Waals surface area contributed by atoms with Crippen molar-refractivity contribution in [2.24, 2.45) is 5.92 Å². The minimum Gasteiger partial charge on any atom is -0.354 e. The van der Waals surface area contributed by atoms with E-state index < -0.39 is 10.0 Å². The van der Waals surface area contributed by atoms with Gasteiger partial charge in [-0.3, -0.25) is 4.79 Å². The van der Waals surface area contributed by atoms with Crippen LogP contribution in [0.15, 0.2) is 53.3 Å². The largest absolute Gasteiger partial charge is 0.354 e. The third-order valence-electron chi connectivity index (χ3n) is 5.38. The summed E-state index contributed by atoms with van der Waals surface area (Å²) in [5.41, 5.74) is 0.844. The molecule has 8 heteroatoms. The molecule has 1 aliphatic heterocycles. The molecule has 1 aliphatic rings. The molecule has 1 atom stereocenters. The van der Waals surface area contributed by atoms with Gasteiger partial charge in [-0.2, -0.15) is 4.31 Å². The summed E-state index contributed by atoms with van der Waals surface area (Å²) in [7, 11) is 0.524. The van der Waals surface area contributed by atoms with Crippen molar-refractivity contribution in [3.8, 4) is 0 Å². The molecular weight excluding hydrogens is 418 g/mol. The maximum absolute atomic E-state index is 12.7. The molecule has 3 rings (SSSR count). The zero-order valence-electron chi connectivity index (χ0n) is 17.4. The number of rotatable bonds is 8. The van der Waals surface area contributed by atoms with Crippen LogP contribution in [0.2, 0.25) is 0 Å². The van der Waals surface area contributed by atoms with Gasteiger partial charge in [-0.25, -0.2) is 8.42 Å². The molecule has 1 saturated heterocycles. The molecule has 2 heterocycles. The summed E-state index contributed by atoms with van der Waals surface area (Å²) in [5.74, 6) is -0.143. The summed E-state index contributed by atoms with van der Waals surface area (Å²) in [5, 5.41) is 6.36. The van der Waals surface area contributed by atoms with Gasteiger partial charge in [0.1, 0.15) is 0 Å². The van der Waals surface area contributed by atoms with Crippen molar-refractivity contribution in [3.05, 3.63) is 63.7 Å². The summed E-state index contributed by atoms with van der Waals surface area (Å²) in [6.45, 7) is 1.27. The minimum absolute atomic E-state index is 0.00952. The number of nitrogens with one attached hydrogen (secondary N) is 1. The topological polar surface area (TPSA) is 69.7 Å². The second-order valence-electron chi connectivity index (χ2n) is 7.67. The highest BCUT2D eigenvalue weighted by Gasteiger charge is 2.30. The molecule has 0 bridgehead atoms. The molecule has 1 N–H and O–H groups in total. The number of amides is 1. The minimum atomic E-state index is -3.48. The monoisotopic (exact) mass is 447 g/mol. The third kappa shape index (κ3) is 6.01. The molecule has 1 fully saturated rings. The Morgan fingerprint density at radius 1 is 1.20 bits per heavy atom. The van der Waals surface area contributed by atoms with Crippen LogP contribution in [0.25, 0.3) is 6.08 Å². The van der Waals surface area contributed by atoms with Crippen LogP contribution in [0.1, 0.15) is 29.3 Å². The number of likely N-dealkylation sites (N-methyl/N-ethyl adjacent to an activating group) is 1. The Hall–Kier alpha value is -2.00. The lowest BCUT2D eigenvalue weighted by atomic mass is 9.97. The number of nitrogens with zero attached hydrogens (tertiary/aromatic N) is 2. The Bertz CT molecular complexity index is 933. The van der Waals surface area contributed by atoms with Gasteiger partial charge >= 0.3 is 0 Å². The molecule has 0 saturated carbocycles. The lowest BCUT2D eigenvalue weighted by molar-refractivity contribution is -0.126. The van der Waals surface area contributed by atoms with Crippen molar-refractivity contribution >= 4 is 33.3 Å². The Balaban J connectivity index is 1.51. The SMILES string of the molecule is CN(C)[C@@H](CNC(=O)C1CCN(S(=O)(=O)/C=C/c2ccccc2)CC1)c1cccs1. The van der Waals surface area contributed by atoms with E-state index in [1.807, 2.05) is 55.9 Å². The predicted molar refractivity (Wildman–Crippen MR) is 122 cm³/mol. The van der Waals surface area contributed by atoms with E-state index in [4.69, 9.17) is 0 Å². The lowest BCUT2D eigenvalue weighted by Crippen LogP contribution is -2.43. The Kier molecular flexibility index (Phi) is 7.82. The van der Waals surface area contributed by atoms with E-state index in [-0.39, 0.29) is 17.9 Å². The van der Waals surface area contributed by atoms with Crippen LogP contribution in [0.5, 0.6) is 0 Å². The first-order valence-corrected chi connectivity index (χ1v) is 12.5. The van der Waals surface area contributed by atoms with Gasteiger partial charge in [0.05, 0.1) is 6.04 Å². The zero-order chi connectivity index (χ0) is 21.6. The highest BCUT2D eigenvalue weighted by molar-refractivity contribution is 7.92. The number of sulfonamides is 1. The standard InChI is InChI=1S/C22H29N3O3S2/c1-24(2)20(21-9-6-15-29-21)17-23-22(26)19-10-13-25(14-11-19)30(27,28)16-12-18-7-4-3-5-8-18/h3-9,12,15-16,19-20H,10-11,13-14,17H2,1-2H3,(H,23,26)/b16-12+/t20-/m0/s1. The van der Waals surface area contributed by atoms with Gasteiger partial charge in [-0.05, 0) is 50.0 Å². The van der Waals surface area contributed by atoms with Crippen LogP contribution in [0, 0.1) is 5.92 Å². The molecule has 1 aromatic heterocycles. The van der Waals surface area contributed by atoms with Gasteiger partial charge in [-0.1, -0.05) is 36.4 Å². The van der Waals surface area contributed by atoms with Gasteiger partial charge < -0.3 is 10.2 Å². The fourth-order valence-corrected chi connectivity index (χ4v) is 5.69. The van der Waals surface area contributed by atoms with Crippen molar-refractivity contribution in [2.45, 2.75) is 18.9 Å². The number of thiophene rings is 1. The van der Waals surface area contributed by atoms with Crippen LogP contribution in [-0.4, -0.2) is 57.3 Å². The maximum atomic E-state index is 12.7. The van der Waals surface area contributed by atoms with Gasteiger partial charge in [0, 0.05) is 35.8 Å². The molecule has 6 nitrogen and oxygen atoms in total. The molecule has 1 amide bonds. The van der Waals surface area contributed by atoms with E-state index in [1.165, 1.54) is 14.6 Å². The smallest absolute Gasteiger partial charge is 0.236 e. The molecule has 0 spiro atoms. The second-order valence-corrected chi connectivity index (χ2v) is 10.5. The molecule has 0 radical (unpaired) electrons. The molecule has 30 heavy (non-hydrogen) atoms. The zero-order valence-corrected chi connectivity index (χ0v) is 19.0. The number of piperidine rings is 1. The summed E-state index contributed by atoms with van der Waals surface area (Å²) in [4.78, 5) is 16.0. The lowest BCUT2D eigenvalue weighted by Gasteiger charge is -2.30. The number of carbonyl (C=O) groups is 1. The summed E-state index contributed by atoms with van der Waals surface area (Å²) in [6, 6.07) is 13.6. The van der Waals surface area contributed by atoms with E-state index in [1.54, 1.807) is 17.4 Å². The van der Waals surface area contributed by atoms with Crippen molar-refractivity contribution in [3.63, 3.8) is 0 Å². The number of hydrogen-bond acceptors (Lipinski definition) is 5. The van der Waals surface area contributed by atoms with Crippen LogP contribution in [-0.2, 0) is 14.8 Å². The van der Waals surface area contributed by atoms with E-state index in [9.17, 15) is 13.2 Å². The number of benzene rings is 1. The molecule has 2 aromatic rings. The van der Waals surface area contributed by atoms with Crippen molar-refractivity contribution in [2.75, 3.05) is 33.7 Å². The summed E-state index contributed by atoms with van der Waals surface area (Å²) in [6.07, 6.45) is 2.69. The molecule has 0 unspecified atom stereocenters. The van der Waals surface area contributed by atoms with Crippen molar-refractivity contribution in [1.29, 1.82) is 0 Å². The summed E-state index contributed by atoms with van der Waals surface area (Å²) < 4.78 is 26.6. The maximum Gasteiger partial charge on any atom is 0.236 e. The van der Waals surface area contributed by atoms with E-state index in [0.717, 1.165) is 5.56 Å². The van der Waals surface area contributed by atoms with Crippen LogP contribution >= 0.6 is 11.3 Å². The Morgan fingerprint density at radius 3 is 2.50 bits per heavy atom. The second kappa shape index (κ2) is 10.3. The molecule has 1 aromatic carbocycles. The van der Waals surface area contributed by atoms with Crippen LogP contribution in [0.3, 0.4) is 0 Å². The van der Waals surface area contributed by atoms with Crippen LogP contribution in [0.4, 0.5) is 0 Å². The van der Waals surface area contributed by atoms with E-state index in [0.29, 0.717) is 32.5 Å². The normalized spacial score (nSPS) is 17.4. The first kappa shape index (κ1) is 22.7. The Morgan fingerprint density at radius 2 is 1.90 bits per heavy atom. The average Bonchev–Trinajstić information content (AvgIpc) is 3.27. The summed E-state index contributed by atoms with van der Waals surface area (Å²) >= 11 is 1.68. The van der Waals surface area contributed by atoms with E-state index in [2.05, 4.69) is 16.3 Å². The van der Waals surface area contributed by atoms with E-state index >= 15 is 0 Å². The van der Waals surface area contributed by atoms with Gasteiger partial charge in [-0.15, -0.1) is 11.3 Å². The van der Waals surface area contributed by atoms with Crippen LogP contribution < -0.4 is 5.32 Å².